The van der Waals surface area contributed by atoms with Crippen molar-refractivity contribution >= 4 is 9.52 Å². The highest BCUT2D eigenvalue weighted by atomic mass is 28.2. The van der Waals surface area contributed by atoms with Crippen molar-refractivity contribution in [1.82, 2.24) is 0 Å². The summed E-state index contributed by atoms with van der Waals surface area (Å²) in [7, 11) is -0.00574. The van der Waals surface area contributed by atoms with Crippen LogP contribution in [0.4, 0.5) is 0 Å². The maximum absolute atomic E-state index is 2.41. The van der Waals surface area contributed by atoms with E-state index in [2.05, 4.69) is 37.4 Å². The van der Waals surface area contributed by atoms with Gasteiger partial charge in [-0.1, -0.05) is 51.7 Å². The van der Waals surface area contributed by atoms with E-state index < -0.39 is 0 Å². The van der Waals surface area contributed by atoms with Crippen molar-refractivity contribution in [2.24, 2.45) is 0 Å². The summed E-state index contributed by atoms with van der Waals surface area (Å²) in [5.41, 5.74) is 4.83. The van der Waals surface area contributed by atoms with Gasteiger partial charge in [0.2, 0.25) is 0 Å². The molecule has 0 N–H and O–H groups in total. The van der Waals surface area contributed by atoms with Crippen LogP contribution >= 0.6 is 0 Å². The van der Waals surface area contributed by atoms with E-state index in [1.165, 1.54) is 38.5 Å². The second-order valence-corrected chi connectivity index (χ2v) is 4.88. The molecule has 0 saturated carbocycles. The Bertz CT molecular complexity index is 120. The fourth-order valence-corrected chi connectivity index (χ4v) is 2.16. The number of allylic oxidation sites excluding steroid dienone is 2. The lowest BCUT2D eigenvalue weighted by molar-refractivity contribution is 0.815. The third-order valence-corrected chi connectivity index (χ3v) is 3.27. The van der Waals surface area contributed by atoms with Crippen molar-refractivity contribution in [2.75, 3.05) is 0 Å². The highest BCUT2D eigenvalue weighted by Gasteiger charge is 1.79. The molecule has 0 saturated heterocycles. The van der Waals surface area contributed by atoms with Gasteiger partial charge in [-0.3, -0.25) is 0 Å². The summed E-state index contributed by atoms with van der Waals surface area (Å²) in [6.07, 6.45) is 12.6. The maximum atomic E-state index is 2.41. The summed E-state index contributed by atoms with van der Waals surface area (Å²) in [6.45, 7) is 4.49. The highest BCUT2D eigenvalue weighted by molar-refractivity contribution is 6.48. The van der Waals surface area contributed by atoms with Gasteiger partial charge in [0.05, 0.1) is 9.52 Å². The standard InChI is InChI=1S/C12H24Si/c1-3-5-7-9-11-13-12-10-8-6-4-2/h9-12H,3-8,13H2,1-2H3/b11-9+,12-10+. The molecule has 1 heteroatoms. The minimum Gasteiger partial charge on any atom is -0.101 e. The van der Waals surface area contributed by atoms with Gasteiger partial charge < -0.3 is 0 Å². The highest BCUT2D eigenvalue weighted by Crippen LogP contribution is 1.95. The molecule has 0 nitrogen and oxygen atoms in total. The molecule has 0 aliphatic rings. The topological polar surface area (TPSA) is 0 Å². The fourth-order valence-electron chi connectivity index (χ4n) is 1.15. The van der Waals surface area contributed by atoms with Gasteiger partial charge in [-0.2, -0.15) is 0 Å². The van der Waals surface area contributed by atoms with Gasteiger partial charge in [0.1, 0.15) is 0 Å². The summed E-state index contributed by atoms with van der Waals surface area (Å²) in [5, 5.41) is 0. The van der Waals surface area contributed by atoms with E-state index in [4.69, 9.17) is 0 Å². The Morgan fingerprint density at radius 1 is 0.846 bits per heavy atom. The minimum absolute atomic E-state index is 0.00574. The summed E-state index contributed by atoms with van der Waals surface area (Å²) >= 11 is 0. The van der Waals surface area contributed by atoms with Crippen LogP contribution in [-0.4, -0.2) is 9.52 Å². The third-order valence-electron chi connectivity index (χ3n) is 2.05. The molecule has 0 amide bonds. The minimum atomic E-state index is -0.00574. The predicted molar refractivity (Wildman–Crippen MR) is 65.9 cm³/mol. The molecule has 0 aliphatic heterocycles. The van der Waals surface area contributed by atoms with E-state index in [0.29, 0.717) is 0 Å². The first-order chi connectivity index (χ1) is 6.41. The van der Waals surface area contributed by atoms with Crippen molar-refractivity contribution in [3.8, 4) is 0 Å². The van der Waals surface area contributed by atoms with E-state index in [1.54, 1.807) is 0 Å². The molecule has 0 bridgehead atoms. The van der Waals surface area contributed by atoms with E-state index in [-0.39, 0.29) is 9.52 Å². The molecule has 0 heterocycles. The van der Waals surface area contributed by atoms with Crippen LogP contribution in [0.3, 0.4) is 0 Å². The largest absolute Gasteiger partial charge is 0.101 e. The SMILES string of the molecule is CCCC/C=C/[SiH2]/C=C/CCCC. The molecule has 0 unspecified atom stereocenters. The number of hydrogen-bond donors (Lipinski definition) is 0. The van der Waals surface area contributed by atoms with E-state index in [1.807, 2.05) is 0 Å². The summed E-state index contributed by atoms with van der Waals surface area (Å²) in [6, 6.07) is 0. The zero-order valence-corrected chi connectivity index (χ0v) is 10.7. The lowest BCUT2D eigenvalue weighted by Crippen LogP contribution is -1.77. The second-order valence-electron chi connectivity index (χ2n) is 3.46. The normalized spacial score (nSPS) is 11.8. The van der Waals surface area contributed by atoms with Gasteiger partial charge in [0.25, 0.3) is 0 Å². The number of rotatable bonds is 8. The molecule has 76 valence electrons. The Morgan fingerprint density at radius 3 is 1.69 bits per heavy atom. The Morgan fingerprint density at radius 2 is 1.31 bits per heavy atom. The van der Waals surface area contributed by atoms with E-state index >= 15 is 0 Å². The van der Waals surface area contributed by atoms with Crippen LogP contribution in [0.5, 0.6) is 0 Å². The molecule has 0 spiro atoms. The Kier molecular flexibility index (Phi) is 11.4. The summed E-state index contributed by atoms with van der Waals surface area (Å²) in [4.78, 5) is 0. The Balaban J connectivity index is 3.13. The Labute approximate surface area is 85.9 Å². The maximum Gasteiger partial charge on any atom is 0.0683 e. The average molecular weight is 196 g/mol. The van der Waals surface area contributed by atoms with Crippen LogP contribution in [0, 0.1) is 0 Å². The second kappa shape index (κ2) is 11.7. The van der Waals surface area contributed by atoms with Crippen molar-refractivity contribution in [3.05, 3.63) is 23.6 Å². The van der Waals surface area contributed by atoms with Crippen LogP contribution in [0.1, 0.15) is 52.4 Å². The fraction of sp³-hybridized carbons (Fsp3) is 0.667. The summed E-state index contributed by atoms with van der Waals surface area (Å²) < 4.78 is 0. The first-order valence-corrected chi connectivity index (χ1v) is 7.35. The first kappa shape index (κ1) is 12.7. The van der Waals surface area contributed by atoms with Crippen LogP contribution in [0.25, 0.3) is 0 Å². The molecule has 0 aromatic carbocycles. The van der Waals surface area contributed by atoms with E-state index in [0.717, 1.165) is 0 Å². The van der Waals surface area contributed by atoms with E-state index in [9.17, 15) is 0 Å². The molecule has 13 heavy (non-hydrogen) atoms. The van der Waals surface area contributed by atoms with Crippen molar-refractivity contribution in [1.29, 1.82) is 0 Å². The first-order valence-electron chi connectivity index (χ1n) is 5.71. The molecule has 0 aromatic heterocycles. The van der Waals surface area contributed by atoms with Crippen molar-refractivity contribution in [2.45, 2.75) is 52.4 Å². The van der Waals surface area contributed by atoms with Crippen LogP contribution in [-0.2, 0) is 0 Å². The lowest BCUT2D eigenvalue weighted by atomic mass is 10.2. The zero-order valence-electron chi connectivity index (χ0n) is 9.26. The molecule has 0 atom stereocenters. The number of hydrogen-bond acceptors (Lipinski definition) is 0. The monoisotopic (exact) mass is 196 g/mol. The quantitative estimate of drug-likeness (QED) is 0.411. The van der Waals surface area contributed by atoms with Crippen molar-refractivity contribution < 1.29 is 0 Å². The van der Waals surface area contributed by atoms with Gasteiger partial charge in [-0.15, -0.1) is 11.4 Å². The molecule has 0 aromatic rings. The smallest absolute Gasteiger partial charge is 0.0683 e. The number of unbranched alkanes of at least 4 members (excludes halogenated alkanes) is 4. The van der Waals surface area contributed by atoms with Gasteiger partial charge in [-0.05, 0) is 12.8 Å². The third kappa shape index (κ3) is 11.7. The molecular weight excluding hydrogens is 172 g/mol. The average Bonchev–Trinajstić information content (AvgIpc) is 2.16. The predicted octanol–water partition coefficient (Wildman–Crippen LogP) is 3.56. The van der Waals surface area contributed by atoms with Gasteiger partial charge in [0, 0.05) is 0 Å². The van der Waals surface area contributed by atoms with Gasteiger partial charge in [0.15, 0.2) is 0 Å². The summed E-state index contributed by atoms with van der Waals surface area (Å²) in [5.74, 6) is 0. The zero-order chi connectivity index (χ0) is 9.78. The molecule has 0 rings (SSSR count). The van der Waals surface area contributed by atoms with Crippen LogP contribution in [0.15, 0.2) is 23.6 Å². The molecule has 0 radical (unpaired) electrons. The molecule has 0 aliphatic carbocycles. The van der Waals surface area contributed by atoms with Crippen molar-refractivity contribution in [3.63, 3.8) is 0 Å². The van der Waals surface area contributed by atoms with Gasteiger partial charge >= 0.3 is 0 Å². The van der Waals surface area contributed by atoms with Crippen LogP contribution in [0.2, 0.25) is 0 Å². The lowest BCUT2D eigenvalue weighted by Gasteiger charge is -1.88. The van der Waals surface area contributed by atoms with Gasteiger partial charge in [-0.25, -0.2) is 0 Å². The molecule has 0 fully saturated rings. The van der Waals surface area contributed by atoms with Crippen LogP contribution < -0.4 is 0 Å². The molecular formula is C12H24Si. The Hall–Kier alpha value is -0.303.